The van der Waals surface area contributed by atoms with E-state index in [4.69, 9.17) is 4.74 Å². The summed E-state index contributed by atoms with van der Waals surface area (Å²) in [4.78, 5) is 0. The van der Waals surface area contributed by atoms with Crippen molar-refractivity contribution in [1.29, 1.82) is 0 Å². The monoisotopic (exact) mass is 230 g/mol. The van der Waals surface area contributed by atoms with Crippen molar-refractivity contribution >= 4 is 11.8 Å². The van der Waals surface area contributed by atoms with Crippen LogP contribution in [0.2, 0.25) is 0 Å². The summed E-state index contributed by atoms with van der Waals surface area (Å²) in [6.07, 6.45) is 0. The summed E-state index contributed by atoms with van der Waals surface area (Å²) in [7, 11) is 3.69. The molecule has 5 nitrogen and oxygen atoms in total. The van der Waals surface area contributed by atoms with Crippen molar-refractivity contribution in [3.05, 3.63) is 5.82 Å². The first-order valence-corrected chi connectivity index (χ1v) is 5.92. The van der Waals surface area contributed by atoms with Crippen LogP contribution < -0.4 is 5.32 Å². The van der Waals surface area contributed by atoms with E-state index in [2.05, 4.69) is 15.5 Å². The molecule has 0 amide bonds. The highest BCUT2D eigenvalue weighted by Crippen LogP contribution is 2.13. The molecule has 0 aliphatic carbocycles. The lowest BCUT2D eigenvalue weighted by molar-refractivity contribution is 0.200. The van der Waals surface area contributed by atoms with Crippen LogP contribution >= 0.6 is 11.8 Å². The van der Waals surface area contributed by atoms with Gasteiger partial charge in [0.05, 0.1) is 6.61 Å². The minimum atomic E-state index is 0.758. The lowest BCUT2D eigenvalue weighted by Gasteiger charge is -2.03. The first-order valence-electron chi connectivity index (χ1n) is 4.94. The molecule has 1 N–H and O–H groups in total. The molecule has 0 radical (unpaired) electrons. The third kappa shape index (κ3) is 4.19. The topological polar surface area (TPSA) is 52.0 Å². The van der Waals surface area contributed by atoms with Gasteiger partial charge in [-0.05, 0) is 6.92 Å². The first kappa shape index (κ1) is 12.5. The molecule has 0 unspecified atom stereocenters. The van der Waals surface area contributed by atoms with Gasteiger partial charge < -0.3 is 14.6 Å². The molecule has 15 heavy (non-hydrogen) atoms. The molecule has 0 saturated heterocycles. The molecule has 0 bridgehead atoms. The molecule has 6 heteroatoms. The van der Waals surface area contributed by atoms with Crippen molar-refractivity contribution in [3.8, 4) is 0 Å². The fraction of sp³-hybridized carbons (Fsp3) is 0.778. The van der Waals surface area contributed by atoms with E-state index in [0.29, 0.717) is 0 Å². The zero-order valence-corrected chi connectivity index (χ0v) is 10.3. The van der Waals surface area contributed by atoms with E-state index in [1.807, 2.05) is 18.5 Å². The smallest absolute Gasteiger partial charge is 0.190 e. The predicted octanol–water partition coefficient (Wildman–Crippen LogP) is 0.452. The zero-order valence-electron chi connectivity index (χ0n) is 9.49. The van der Waals surface area contributed by atoms with Crippen LogP contribution in [0.4, 0.5) is 0 Å². The Kier molecular flexibility index (Phi) is 5.67. The number of rotatable bonds is 7. The highest BCUT2D eigenvalue weighted by molar-refractivity contribution is 7.99. The molecular weight excluding hydrogens is 212 g/mol. The molecule has 0 atom stereocenters. The van der Waals surface area contributed by atoms with Crippen LogP contribution in [0.5, 0.6) is 0 Å². The van der Waals surface area contributed by atoms with Crippen LogP contribution in [-0.2, 0) is 11.8 Å². The molecule has 0 saturated carbocycles. The highest BCUT2D eigenvalue weighted by atomic mass is 32.2. The molecule has 1 aromatic rings. The van der Waals surface area contributed by atoms with Crippen molar-refractivity contribution in [2.24, 2.45) is 7.05 Å². The quantitative estimate of drug-likeness (QED) is 0.544. The number of ether oxygens (including phenoxy) is 1. The van der Waals surface area contributed by atoms with Gasteiger partial charge in [-0.15, -0.1) is 10.2 Å². The standard InChI is InChI=1S/C9H18N4OS/c1-8-11-12-9(13(8)2)15-7-5-10-4-6-14-3/h10H,4-7H2,1-3H3. The predicted molar refractivity (Wildman–Crippen MR) is 61.2 cm³/mol. The van der Waals surface area contributed by atoms with Gasteiger partial charge in [0.25, 0.3) is 0 Å². The summed E-state index contributed by atoms with van der Waals surface area (Å²) in [5.41, 5.74) is 0. The maximum absolute atomic E-state index is 4.93. The summed E-state index contributed by atoms with van der Waals surface area (Å²) in [5, 5.41) is 12.3. The number of methoxy groups -OCH3 is 1. The Hall–Kier alpha value is -0.590. The SMILES string of the molecule is COCCNCCSc1nnc(C)n1C. The van der Waals surface area contributed by atoms with Crippen molar-refractivity contribution in [3.63, 3.8) is 0 Å². The van der Waals surface area contributed by atoms with Gasteiger partial charge in [0.15, 0.2) is 5.16 Å². The second-order valence-electron chi connectivity index (χ2n) is 3.18. The van der Waals surface area contributed by atoms with Gasteiger partial charge in [0.1, 0.15) is 5.82 Å². The van der Waals surface area contributed by atoms with Gasteiger partial charge in [-0.3, -0.25) is 0 Å². The van der Waals surface area contributed by atoms with Crippen LogP contribution in [-0.4, -0.2) is 47.3 Å². The van der Waals surface area contributed by atoms with Crippen LogP contribution in [0.3, 0.4) is 0 Å². The molecule has 86 valence electrons. The van der Waals surface area contributed by atoms with Crippen LogP contribution in [0.25, 0.3) is 0 Å². The number of hydrogen-bond acceptors (Lipinski definition) is 5. The zero-order chi connectivity index (χ0) is 11.1. The maximum atomic E-state index is 4.93. The number of nitrogens with zero attached hydrogens (tertiary/aromatic N) is 3. The second-order valence-corrected chi connectivity index (χ2v) is 4.24. The van der Waals surface area contributed by atoms with E-state index in [9.17, 15) is 0 Å². The third-order valence-corrected chi connectivity index (χ3v) is 3.07. The average Bonchev–Trinajstić information content (AvgIpc) is 2.54. The summed E-state index contributed by atoms with van der Waals surface area (Å²) < 4.78 is 6.93. The summed E-state index contributed by atoms with van der Waals surface area (Å²) >= 11 is 1.71. The highest BCUT2D eigenvalue weighted by Gasteiger charge is 2.03. The Morgan fingerprint density at radius 3 is 2.80 bits per heavy atom. The van der Waals surface area contributed by atoms with E-state index < -0.39 is 0 Å². The molecule has 0 aliphatic heterocycles. The summed E-state index contributed by atoms with van der Waals surface area (Å²) in [5.74, 6) is 1.94. The number of aromatic nitrogens is 3. The van der Waals surface area contributed by atoms with Crippen LogP contribution in [0.1, 0.15) is 5.82 Å². The Balaban J connectivity index is 2.12. The van der Waals surface area contributed by atoms with Gasteiger partial charge in [-0.1, -0.05) is 11.8 Å². The number of aryl methyl sites for hydroxylation is 1. The largest absolute Gasteiger partial charge is 0.383 e. The van der Waals surface area contributed by atoms with Gasteiger partial charge in [0.2, 0.25) is 0 Å². The van der Waals surface area contributed by atoms with Crippen molar-refractivity contribution in [2.45, 2.75) is 12.1 Å². The fourth-order valence-corrected chi connectivity index (χ4v) is 1.88. The average molecular weight is 230 g/mol. The molecule has 0 aromatic carbocycles. The van der Waals surface area contributed by atoms with E-state index in [1.165, 1.54) is 0 Å². The minimum Gasteiger partial charge on any atom is -0.383 e. The lowest BCUT2D eigenvalue weighted by atomic mass is 10.6. The van der Waals surface area contributed by atoms with E-state index in [0.717, 1.165) is 36.4 Å². The lowest BCUT2D eigenvalue weighted by Crippen LogP contribution is -2.21. The number of nitrogens with one attached hydrogen (secondary N) is 1. The van der Waals surface area contributed by atoms with Gasteiger partial charge >= 0.3 is 0 Å². The van der Waals surface area contributed by atoms with E-state index in [1.54, 1.807) is 18.9 Å². The molecule has 1 rings (SSSR count). The van der Waals surface area contributed by atoms with Gasteiger partial charge in [-0.25, -0.2) is 0 Å². The Bertz CT molecular complexity index is 290. The molecule has 0 aliphatic rings. The Labute approximate surface area is 94.6 Å². The third-order valence-electron chi connectivity index (χ3n) is 2.05. The molecule has 1 aromatic heterocycles. The summed E-state index contributed by atoms with van der Waals surface area (Å²) in [6, 6.07) is 0. The second kappa shape index (κ2) is 6.81. The molecular formula is C9H18N4OS. The van der Waals surface area contributed by atoms with Crippen LogP contribution in [0.15, 0.2) is 5.16 Å². The number of thioether (sulfide) groups is 1. The van der Waals surface area contributed by atoms with E-state index in [-0.39, 0.29) is 0 Å². The van der Waals surface area contributed by atoms with Gasteiger partial charge in [-0.2, -0.15) is 0 Å². The Morgan fingerprint density at radius 2 is 2.20 bits per heavy atom. The first-order chi connectivity index (χ1) is 7.25. The Morgan fingerprint density at radius 1 is 1.40 bits per heavy atom. The summed E-state index contributed by atoms with van der Waals surface area (Å²) in [6.45, 7) is 4.57. The molecule has 0 fully saturated rings. The van der Waals surface area contributed by atoms with Crippen LogP contribution in [0, 0.1) is 6.92 Å². The van der Waals surface area contributed by atoms with Crippen molar-refractivity contribution < 1.29 is 4.74 Å². The number of hydrogen-bond donors (Lipinski definition) is 1. The maximum Gasteiger partial charge on any atom is 0.190 e. The van der Waals surface area contributed by atoms with Crippen molar-refractivity contribution in [1.82, 2.24) is 20.1 Å². The fourth-order valence-electron chi connectivity index (χ4n) is 1.03. The van der Waals surface area contributed by atoms with Gasteiger partial charge in [0, 0.05) is 33.0 Å². The van der Waals surface area contributed by atoms with Crippen molar-refractivity contribution in [2.75, 3.05) is 32.6 Å². The van der Waals surface area contributed by atoms with E-state index >= 15 is 0 Å². The molecule has 0 spiro atoms. The minimum absolute atomic E-state index is 0.758. The molecule has 1 heterocycles. The normalized spacial score (nSPS) is 10.9.